The van der Waals surface area contributed by atoms with Gasteiger partial charge in [0.2, 0.25) is 5.91 Å². The van der Waals surface area contributed by atoms with Crippen LogP contribution in [0.15, 0.2) is 71.0 Å². The van der Waals surface area contributed by atoms with E-state index in [4.69, 9.17) is 40.5 Å². The number of anilines is 2. The molecule has 1 amide bonds. The molecule has 3 aromatic rings. The number of hydrazine groups is 1. The third-order valence-corrected chi connectivity index (χ3v) is 7.12. The zero-order chi connectivity index (χ0) is 28.6. The number of nitrogens with one attached hydrogen (secondary N) is 2. The number of nitrogens with two attached hydrogens (primary N) is 3. The molecule has 0 aliphatic carbocycles. The number of hydrogen-bond acceptors (Lipinski definition) is 8. The number of rotatable bonds is 6. The molecular weight excluding hydrogens is 551 g/mol. The van der Waals surface area contributed by atoms with Crippen LogP contribution < -0.4 is 38.5 Å². The summed E-state index contributed by atoms with van der Waals surface area (Å²) in [6.07, 6.45) is 6.75. The molecule has 1 aliphatic rings. The molecule has 2 aromatic carbocycles. The fourth-order valence-electron chi connectivity index (χ4n) is 4.85. The summed E-state index contributed by atoms with van der Waals surface area (Å²) in [5.41, 5.74) is 14.3. The molecule has 212 valence electrons. The van der Waals surface area contributed by atoms with Crippen molar-refractivity contribution in [2.45, 2.75) is 44.2 Å². The van der Waals surface area contributed by atoms with Gasteiger partial charge in [0.15, 0.2) is 0 Å². The number of aromatic nitrogens is 2. The van der Waals surface area contributed by atoms with Crippen molar-refractivity contribution in [2.75, 3.05) is 23.4 Å². The van der Waals surface area contributed by atoms with Gasteiger partial charge in [-0.3, -0.25) is 19.2 Å². The Bertz CT molecular complexity index is 1420. The smallest absolute Gasteiger partial charge is 0.254 e. The van der Waals surface area contributed by atoms with Gasteiger partial charge in [0, 0.05) is 28.9 Å². The number of fused-ring (bicyclic) bond motifs is 2. The largest absolute Gasteiger partial charge is 0.388 e. The van der Waals surface area contributed by atoms with Crippen molar-refractivity contribution < 1.29 is 4.79 Å². The van der Waals surface area contributed by atoms with Crippen molar-refractivity contribution in [3.05, 3.63) is 87.2 Å². The van der Waals surface area contributed by atoms with E-state index in [2.05, 4.69) is 15.6 Å². The second kappa shape index (κ2) is 13.7. The maximum atomic E-state index is 13.6. The molecule has 12 heteroatoms. The summed E-state index contributed by atoms with van der Waals surface area (Å²) in [5.74, 6) is 6.07. The molecule has 1 aromatic heterocycles. The SMILES string of the molecule is NCCC1Nc2cccc(c2)C(n2cnc(-c3cc(Cl)ccc3N(N)/C=C(\N)Cl)cc2=O)CCCCCNC1=O. The molecular formula is C28H34Cl2N8O2. The van der Waals surface area contributed by atoms with Crippen LogP contribution in [0.4, 0.5) is 11.4 Å². The fraction of sp³-hybridized carbons (Fsp3) is 0.321. The summed E-state index contributed by atoms with van der Waals surface area (Å²) >= 11 is 12.1. The summed E-state index contributed by atoms with van der Waals surface area (Å²) < 4.78 is 1.64. The van der Waals surface area contributed by atoms with E-state index in [0.717, 1.165) is 36.9 Å². The number of carbonyl (C=O) groups is 1. The van der Waals surface area contributed by atoms with Crippen LogP contribution in [0.1, 0.15) is 43.7 Å². The first-order valence-corrected chi connectivity index (χ1v) is 13.9. The maximum Gasteiger partial charge on any atom is 0.254 e. The average Bonchev–Trinajstić information content (AvgIpc) is 2.92. The van der Waals surface area contributed by atoms with Crippen LogP contribution in [0.25, 0.3) is 11.3 Å². The summed E-state index contributed by atoms with van der Waals surface area (Å²) in [6.45, 7) is 0.970. The molecule has 2 unspecified atom stereocenters. The van der Waals surface area contributed by atoms with Gasteiger partial charge in [0.1, 0.15) is 11.2 Å². The van der Waals surface area contributed by atoms with Crippen molar-refractivity contribution >= 4 is 40.5 Å². The highest BCUT2D eigenvalue weighted by Crippen LogP contribution is 2.32. The van der Waals surface area contributed by atoms with Gasteiger partial charge in [-0.05, 0) is 61.7 Å². The number of hydrogen-bond donors (Lipinski definition) is 5. The zero-order valence-electron chi connectivity index (χ0n) is 22.0. The summed E-state index contributed by atoms with van der Waals surface area (Å²) in [5, 5.41) is 8.03. The Balaban J connectivity index is 1.72. The fourth-order valence-corrected chi connectivity index (χ4v) is 5.12. The Labute approximate surface area is 243 Å². The van der Waals surface area contributed by atoms with Gasteiger partial charge in [-0.15, -0.1) is 0 Å². The van der Waals surface area contributed by atoms with E-state index in [-0.39, 0.29) is 22.7 Å². The molecule has 0 saturated heterocycles. The molecule has 2 atom stereocenters. The number of halogens is 2. The molecule has 0 spiro atoms. The first-order valence-electron chi connectivity index (χ1n) is 13.2. The van der Waals surface area contributed by atoms with Gasteiger partial charge in [-0.1, -0.05) is 48.2 Å². The number of carbonyl (C=O) groups excluding carboxylic acids is 1. The van der Waals surface area contributed by atoms with Crippen LogP contribution in [-0.4, -0.2) is 34.6 Å². The minimum Gasteiger partial charge on any atom is -0.388 e. The van der Waals surface area contributed by atoms with Crippen LogP contribution in [0.2, 0.25) is 5.02 Å². The number of benzene rings is 2. The summed E-state index contributed by atoms with van der Waals surface area (Å²) in [6, 6.07) is 13.6. The summed E-state index contributed by atoms with van der Waals surface area (Å²) in [4.78, 5) is 30.9. The van der Waals surface area contributed by atoms with E-state index >= 15 is 0 Å². The minimum absolute atomic E-state index is 0.00352. The lowest BCUT2D eigenvalue weighted by Gasteiger charge is -2.23. The number of nitrogens with zero attached hydrogens (tertiary/aromatic N) is 3. The molecule has 8 N–H and O–H groups in total. The lowest BCUT2D eigenvalue weighted by molar-refractivity contribution is -0.121. The van der Waals surface area contributed by atoms with Gasteiger partial charge in [-0.25, -0.2) is 10.8 Å². The van der Waals surface area contributed by atoms with Gasteiger partial charge in [-0.2, -0.15) is 0 Å². The standard InChI is InChI=1S/C28H34Cl2N8O2/c29-19-8-9-25(38(33)16-26(30)32)21(14-19)23-15-27(39)37(17-35-23)24-7-2-1-3-12-34-28(40)22(10-11-31)36-20-6-4-5-18(24)13-20/h4-6,8-9,13-17,22,24,36H,1-3,7,10-12,31-33H2,(H,34,40)/b26-16-. The van der Waals surface area contributed by atoms with E-state index in [1.807, 2.05) is 24.3 Å². The Kier molecular flexibility index (Phi) is 10.1. The quantitative estimate of drug-likeness (QED) is 0.167. The molecule has 0 saturated carbocycles. The van der Waals surface area contributed by atoms with Crippen LogP contribution in [0.5, 0.6) is 0 Å². The lowest BCUT2D eigenvalue weighted by Crippen LogP contribution is -2.41. The Morgan fingerprint density at radius 2 is 1.98 bits per heavy atom. The zero-order valence-corrected chi connectivity index (χ0v) is 23.5. The van der Waals surface area contributed by atoms with Crippen LogP contribution >= 0.6 is 23.2 Å². The maximum absolute atomic E-state index is 13.6. The molecule has 0 fully saturated rings. The van der Waals surface area contributed by atoms with Crippen molar-refractivity contribution in [3.63, 3.8) is 0 Å². The van der Waals surface area contributed by atoms with Gasteiger partial charge in [0.05, 0.1) is 30.0 Å². The normalized spacial score (nSPS) is 18.5. The minimum atomic E-state index is -0.443. The molecule has 10 nitrogen and oxygen atoms in total. The van der Waals surface area contributed by atoms with Crippen LogP contribution in [0, 0.1) is 0 Å². The lowest BCUT2D eigenvalue weighted by atomic mass is 9.99. The van der Waals surface area contributed by atoms with E-state index in [0.29, 0.717) is 41.5 Å². The highest BCUT2D eigenvalue weighted by molar-refractivity contribution is 6.31. The van der Waals surface area contributed by atoms with E-state index < -0.39 is 6.04 Å². The highest BCUT2D eigenvalue weighted by Gasteiger charge is 2.21. The molecule has 2 bridgehead atoms. The summed E-state index contributed by atoms with van der Waals surface area (Å²) in [7, 11) is 0. The Hall–Kier alpha value is -3.57. The van der Waals surface area contributed by atoms with Crippen molar-refractivity contribution in [1.29, 1.82) is 0 Å². The van der Waals surface area contributed by atoms with Crippen molar-refractivity contribution in [3.8, 4) is 11.3 Å². The predicted octanol–water partition coefficient (Wildman–Crippen LogP) is 3.65. The third kappa shape index (κ3) is 7.33. The molecule has 4 rings (SSSR count). The second-order valence-corrected chi connectivity index (χ2v) is 10.5. The third-order valence-electron chi connectivity index (χ3n) is 6.78. The predicted molar refractivity (Wildman–Crippen MR) is 161 cm³/mol. The van der Waals surface area contributed by atoms with Crippen molar-refractivity contribution in [2.24, 2.45) is 17.3 Å². The average molecular weight is 586 g/mol. The van der Waals surface area contributed by atoms with E-state index in [1.165, 1.54) is 17.3 Å². The van der Waals surface area contributed by atoms with Gasteiger partial charge in [0.25, 0.3) is 5.56 Å². The van der Waals surface area contributed by atoms with Crippen LogP contribution in [0.3, 0.4) is 0 Å². The molecule has 40 heavy (non-hydrogen) atoms. The first kappa shape index (κ1) is 29.4. The molecule has 2 heterocycles. The van der Waals surface area contributed by atoms with Crippen molar-refractivity contribution in [1.82, 2.24) is 14.9 Å². The molecule has 0 radical (unpaired) electrons. The Morgan fingerprint density at radius 3 is 2.73 bits per heavy atom. The monoisotopic (exact) mass is 584 g/mol. The van der Waals surface area contributed by atoms with Gasteiger partial charge >= 0.3 is 0 Å². The highest BCUT2D eigenvalue weighted by atomic mass is 35.5. The second-order valence-electron chi connectivity index (χ2n) is 9.66. The molecule has 1 aliphatic heterocycles. The van der Waals surface area contributed by atoms with E-state index in [1.54, 1.807) is 29.1 Å². The topological polar surface area (TPSA) is 157 Å². The number of amides is 1. The first-order chi connectivity index (χ1) is 19.3. The van der Waals surface area contributed by atoms with E-state index in [9.17, 15) is 9.59 Å². The van der Waals surface area contributed by atoms with Gasteiger partial charge < -0.3 is 22.1 Å². The van der Waals surface area contributed by atoms with Crippen LogP contribution in [-0.2, 0) is 4.79 Å². The Morgan fingerprint density at radius 1 is 1.15 bits per heavy atom.